The number of unbranched alkanes of at least 4 members (excludes halogenated alkanes) is 12. The van der Waals surface area contributed by atoms with Gasteiger partial charge < -0.3 is 4.74 Å². The molecule has 0 rings (SSSR count). The van der Waals surface area contributed by atoms with Crippen LogP contribution in [0.1, 0.15) is 110 Å². The summed E-state index contributed by atoms with van der Waals surface area (Å²) >= 11 is 0. The molecule has 154 valence electrons. The molecule has 0 aromatic heterocycles. The summed E-state index contributed by atoms with van der Waals surface area (Å²) in [4.78, 5) is 22.8. The normalized spacial score (nSPS) is 10.7. The second-order valence-corrected chi connectivity index (χ2v) is 7.11. The molecule has 0 atom stereocenters. The van der Waals surface area contributed by atoms with Gasteiger partial charge in [-0.3, -0.25) is 15.0 Å². The molecule has 0 bridgehead atoms. The van der Waals surface area contributed by atoms with Crippen LogP contribution in [0.2, 0.25) is 0 Å². The number of ether oxygens (including phenoxy) is 1. The standard InChI is InChI=1S/C21H42N2O3/c1-3-5-6-7-8-9-10-11-12-13-14-15-16-17-20(24)23-22-19-21(25)26-18-4-2/h22H,3-19H2,1-2H3,(H,23,24). The van der Waals surface area contributed by atoms with Gasteiger partial charge in [-0.1, -0.05) is 90.9 Å². The molecule has 0 aliphatic rings. The molecule has 0 saturated heterocycles. The highest BCUT2D eigenvalue weighted by Crippen LogP contribution is 2.12. The maximum Gasteiger partial charge on any atom is 0.321 e. The minimum absolute atomic E-state index is 0.0182. The maximum absolute atomic E-state index is 11.6. The van der Waals surface area contributed by atoms with Crippen molar-refractivity contribution < 1.29 is 14.3 Å². The van der Waals surface area contributed by atoms with Crippen LogP contribution in [0.25, 0.3) is 0 Å². The van der Waals surface area contributed by atoms with E-state index in [0.29, 0.717) is 13.0 Å². The molecule has 0 aromatic carbocycles. The van der Waals surface area contributed by atoms with Crippen LogP contribution in [0.15, 0.2) is 0 Å². The van der Waals surface area contributed by atoms with Gasteiger partial charge in [0.05, 0.1) is 6.61 Å². The van der Waals surface area contributed by atoms with E-state index >= 15 is 0 Å². The van der Waals surface area contributed by atoms with Gasteiger partial charge in [-0.15, -0.1) is 0 Å². The van der Waals surface area contributed by atoms with E-state index in [0.717, 1.165) is 19.3 Å². The van der Waals surface area contributed by atoms with Crippen LogP contribution in [0.4, 0.5) is 0 Å². The van der Waals surface area contributed by atoms with Gasteiger partial charge in [0.1, 0.15) is 6.54 Å². The molecule has 5 nitrogen and oxygen atoms in total. The zero-order valence-corrected chi connectivity index (χ0v) is 17.2. The van der Waals surface area contributed by atoms with E-state index in [-0.39, 0.29) is 18.4 Å². The average Bonchev–Trinajstić information content (AvgIpc) is 2.63. The Morgan fingerprint density at radius 1 is 0.692 bits per heavy atom. The predicted octanol–water partition coefficient (Wildman–Crippen LogP) is 5.04. The molecule has 0 heterocycles. The van der Waals surface area contributed by atoms with Crippen LogP contribution in [0.3, 0.4) is 0 Å². The molecule has 1 amide bonds. The van der Waals surface area contributed by atoms with Crippen LogP contribution in [0.5, 0.6) is 0 Å². The molecule has 0 spiro atoms. The molecular formula is C21H42N2O3. The van der Waals surface area contributed by atoms with E-state index in [1.54, 1.807) is 0 Å². The first-order valence-electron chi connectivity index (χ1n) is 10.9. The molecule has 0 unspecified atom stereocenters. The summed E-state index contributed by atoms with van der Waals surface area (Å²) < 4.78 is 4.90. The van der Waals surface area contributed by atoms with Crippen LogP contribution in [0, 0.1) is 0 Å². The minimum atomic E-state index is -0.340. The fraction of sp³-hybridized carbons (Fsp3) is 0.905. The summed E-state index contributed by atoms with van der Waals surface area (Å²) in [6.45, 7) is 4.65. The van der Waals surface area contributed by atoms with Gasteiger partial charge in [-0.2, -0.15) is 0 Å². The summed E-state index contributed by atoms with van der Waals surface area (Å²) in [5, 5.41) is 0. The van der Waals surface area contributed by atoms with E-state index in [2.05, 4.69) is 17.8 Å². The molecule has 26 heavy (non-hydrogen) atoms. The first-order chi connectivity index (χ1) is 12.7. The third kappa shape index (κ3) is 19.2. The predicted molar refractivity (Wildman–Crippen MR) is 108 cm³/mol. The number of nitrogens with one attached hydrogen (secondary N) is 2. The molecule has 0 aliphatic carbocycles. The third-order valence-electron chi connectivity index (χ3n) is 4.44. The number of carbonyl (C=O) groups excluding carboxylic acids is 2. The number of amides is 1. The van der Waals surface area contributed by atoms with Gasteiger partial charge in [0.15, 0.2) is 0 Å². The Hall–Kier alpha value is -1.10. The summed E-state index contributed by atoms with van der Waals surface area (Å²) in [6.07, 6.45) is 18.2. The zero-order chi connectivity index (χ0) is 19.3. The highest BCUT2D eigenvalue weighted by atomic mass is 16.5. The number of hydrogen-bond acceptors (Lipinski definition) is 4. The Balaban J connectivity index is 3.22. The average molecular weight is 371 g/mol. The van der Waals surface area contributed by atoms with E-state index in [1.807, 2.05) is 6.92 Å². The van der Waals surface area contributed by atoms with Gasteiger partial charge in [0.25, 0.3) is 0 Å². The van der Waals surface area contributed by atoms with Crippen LogP contribution < -0.4 is 10.9 Å². The quantitative estimate of drug-likeness (QED) is 0.190. The number of hydrazine groups is 1. The van der Waals surface area contributed by atoms with Crippen molar-refractivity contribution in [2.24, 2.45) is 0 Å². The third-order valence-corrected chi connectivity index (χ3v) is 4.44. The molecule has 0 saturated carbocycles. The molecule has 0 aromatic rings. The summed E-state index contributed by atoms with van der Waals surface area (Å²) in [5.74, 6) is -0.399. The number of rotatable bonds is 19. The van der Waals surface area contributed by atoms with Crippen LogP contribution >= 0.6 is 0 Å². The van der Waals surface area contributed by atoms with Crippen molar-refractivity contribution >= 4 is 11.9 Å². The first-order valence-corrected chi connectivity index (χ1v) is 10.9. The molecule has 0 fully saturated rings. The molecule has 2 N–H and O–H groups in total. The van der Waals surface area contributed by atoms with Crippen LogP contribution in [-0.4, -0.2) is 25.0 Å². The van der Waals surface area contributed by atoms with Crippen molar-refractivity contribution in [3.05, 3.63) is 0 Å². The van der Waals surface area contributed by atoms with Crippen molar-refractivity contribution in [3.63, 3.8) is 0 Å². The Morgan fingerprint density at radius 3 is 1.69 bits per heavy atom. The monoisotopic (exact) mass is 370 g/mol. The second kappa shape index (κ2) is 20.2. The Morgan fingerprint density at radius 2 is 1.19 bits per heavy atom. The summed E-state index contributed by atoms with van der Waals surface area (Å²) in [6, 6.07) is 0. The zero-order valence-electron chi connectivity index (χ0n) is 17.2. The van der Waals surface area contributed by atoms with E-state index in [1.165, 1.54) is 70.6 Å². The Bertz CT molecular complexity index is 335. The first kappa shape index (κ1) is 24.9. The van der Waals surface area contributed by atoms with Crippen molar-refractivity contribution in [1.29, 1.82) is 0 Å². The van der Waals surface area contributed by atoms with Crippen molar-refractivity contribution in [3.8, 4) is 0 Å². The second-order valence-electron chi connectivity index (χ2n) is 7.11. The molecule has 5 heteroatoms. The number of carbonyl (C=O) groups is 2. The fourth-order valence-electron chi connectivity index (χ4n) is 2.85. The lowest BCUT2D eigenvalue weighted by Crippen LogP contribution is -2.40. The highest BCUT2D eigenvalue weighted by Gasteiger charge is 2.04. The Kier molecular flexibility index (Phi) is 19.4. The van der Waals surface area contributed by atoms with Gasteiger partial charge in [0.2, 0.25) is 5.91 Å². The van der Waals surface area contributed by atoms with Crippen molar-refractivity contribution in [2.45, 2.75) is 110 Å². The Labute approximate surface area is 161 Å². The van der Waals surface area contributed by atoms with Gasteiger partial charge in [-0.05, 0) is 12.8 Å². The number of hydrogen-bond donors (Lipinski definition) is 2. The number of esters is 1. The van der Waals surface area contributed by atoms with Gasteiger partial charge >= 0.3 is 5.97 Å². The minimum Gasteiger partial charge on any atom is -0.465 e. The lowest BCUT2D eigenvalue weighted by molar-refractivity contribution is -0.142. The maximum atomic E-state index is 11.6. The smallest absolute Gasteiger partial charge is 0.321 e. The topological polar surface area (TPSA) is 67.4 Å². The van der Waals surface area contributed by atoms with Gasteiger partial charge in [-0.25, -0.2) is 5.43 Å². The summed E-state index contributed by atoms with van der Waals surface area (Å²) in [7, 11) is 0. The molecule has 0 radical (unpaired) electrons. The van der Waals surface area contributed by atoms with Crippen LogP contribution in [-0.2, 0) is 14.3 Å². The molecule has 0 aliphatic heterocycles. The lowest BCUT2D eigenvalue weighted by Gasteiger charge is -2.07. The molecular weight excluding hydrogens is 328 g/mol. The lowest BCUT2D eigenvalue weighted by atomic mass is 10.0. The van der Waals surface area contributed by atoms with E-state index < -0.39 is 0 Å². The highest BCUT2D eigenvalue weighted by molar-refractivity contribution is 5.76. The van der Waals surface area contributed by atoms with Crippen molar-refractivity contribution in [1.82, 2.24) is 10.9 Å². The largest absolute Gasteiger partial charge is 0.465 e. The van der Waals surface area contributed by atoms with Crippen molar-refractivity contribution in [2.75, 3.05) is 13.2 Å². The summed E-state index contributed by atoms with van der Waals surface area (Å²) in [5.41, 5.74) is 5.16. The SMILES string of the molecule is CCCCCCCCCCCCCCCC(=O)NNCC(=O)OCCC. The fourth-order valence-corrected chi connectivity index (χ4v) is 2.85. The van der Waals surface area contributed by atoms with E-state index in [9.17, 15) is 9.59 Å². The van der Waals surface area contributed by atoms with Gasteiger partial charge in [0, 0.05) is 6.42 Å². The van der Waals surface area contributed by atoms with E-state index in [4.69, 9.17) is 4.74 Å².